The summed E-state index contributed by atoms with van der Waals surface area (Å²) in [6, 6.07) is 10.5. The van der Waals surface area contributed by atoms with E-state index >= 15 is 0 Å². The first kappa shape index (κ1) is 12.9. The summed E-state index contributed by atoms with van der Waals surface area (Å²) in [6.45, 7) is 0.488. The number of para-hydroxylation sites is 1. The van der Waals surface area contributed by atoms with E-state index in [1.54, 1.807) is 0 Å². The summed E-state index contributed by atoms with van der Waals surface area (Å²) in [5.41, 5.74) is 7.40. The monoisotopic (exact) mass is 289 g/mol. The van der Waals surface area contributed by atoms with Gasteiger partial charge >= 0.3 is 0 Å². The molecule has 1 aromatic heterocycles. The van der Waals surface area contributed by atoms with E-state index in [1.165, 1.54) is 22.6 Å². The predicted octanol–water partition coefficient (Wildman–Crippen LogP) is 1.81. The van der Waals surface area contributed by atoms with Crippen molar-refractivity contribution in [2.24, 2.45) is 0 Å². The maximum atomic E-state index is 12.7. The summed E-state index contributed by atoms with van der Waals surface area (Å²) in [7, 11) is -3.58. The van der Waals surface area contributed by atoms with Crippen molar-refractivity contribution in [3.8, 4) is 0 Å². The SMILES string of the molecule is Nc1cc(S(=O)(=O)N2CCCc3ccccc32)ccn1. The minimum Gasteiger partial charge on any atom is -0.384 e. The molecule has 0 saturated carbocycles. The van der Waals surface area contributed by atoms with Crippen molar-refractivity contribution >= 4 is 21.5 Å². The average molecular weight is 289 g/mol. The van der Waals surface area contributed by atoms with Gasteiger partial charge in [0.25, 0.3) is 10.0 Å². The van der Waals surface area contributed by atoms with Crippen LogP contribution in [0.3, 0.4) is 0 Å². The molecule has 20 heavy (non-hydrogen) atoms. The first-order chi connectivity index (χ1) is 9.59. The van der Waals surface area contributed by atoms with Crippen LogP contribution < -0.4 is 10.0 Å². The molecule has 2 heterocycles. The smallest absolute Gasteiger partial charge is 0.264 e. The van der Waals surface area contributed by atoms with Crippen LogP contribution in [0.1, 0.15) is 12.0 Å². The summed E-state index contributed by atoms with van der Waals surface area (Å²) in [4.78, 5) is 4.02. The number of nitrogens with two attached hydrogens (primary N) is 1. The largest absolute Gasteiger partial charge is 0.384 e. The number of aromatic nitrogens is 1. The van der Waals surface area contributed by atoms with E-state index in [2.05, 4.69) is 4.98 Å². The van der Waals surface area contributed by atoms with Crippen molar-refractivity contribution in [1.82, 2.24) is 4.98 Å². The number of nitrogens with zero attached hydrogens (tertiary/aromatic N) is 2. The van der Waals surface area contributed by atoms with Gasteiger partial charge in [0.15, 0.2) is 0 Å². The average Bonchev–Trinajstić information content (AvgIpc) is 2.46. The summed E-state index contributed by atoms with van der Waals surface area (Å²) >= 11 is 0. The predicted molar refractivity (Wildman–Crippen MR) is 77.9 cm³/mol. The Balaban J connectivity index is 2.10. The van der Waals surface area contributed by atoms with E-state index in [1.807, 2.05) is 24.3 Å². The number of anilines is 2. The Labute approximate surface area is 118 Å². The second-order valence-electron chi connectivity index (χ2n) is 4.73. The maximum absolute atomic E-state index is 12.7. The molecule has 5 nitrogen and oxygen atoms in total. The van der Waals surface area contributed by atoms with Crippen molar-refractivity contribution in [3.63, 3.8) is 0 Å². The highest BCUT2D eigenvalue weighted by atomic mass is 32.2. The van der Waals surface area contributed by atoms with E-state index in [0.29, 0.717) is 6.54 Å². The van der Waals surface area contributed by atoms with Crippen LogP contribution in [0.4, 0.5) is 11.5 Å². The molecule has 6 heteroatoms. The van der Waals surface area contributed by atoms with Crippen molar-refractivity contribution in [1.29, 1.82) is 0 Å². The molecular formula is C14H15N3O2S. The van der Waals surface area contributed by atoms with Crippen LogP contribution in [0.15, 0.2) is 47.5 Å². The van der Waals surface area contributed by atoms with Crippen LogP contribution in [-0.4, -0.2) is 19.9 Å². The first-order valence-electron chi connectivity index (χ1n) is 6.41. The number of nitrogen functional groups attached to an aromatic ring is 1. The standard InChI is InChI=1S/C14H15N3O2S/c15-14-10-12(7-8-16-14)20(18,19)17-9-3-5-11-4-1-2-6-13(11)17/h1-2,4,6-8,10H,3,5,9H2,(H2,15,16). The Morgan fingerprint density at radius 3 is 2.80 bits per heavy atom. The molecule has 0 radical (unpaired) electrons. The molecule has 104 valence electrons. The minimum atomic E-state index is -3.58. The van der Waals surface area contributed by atoms with Gasteiger partial charge in [-0.2, -0.15) is 0 Å². The molecule has 2 N–H and O–H groups in total. The Hall–Kier alpha value is -2.08. The van der Waals surface area contributed by atoms with Crippen molar-refractivity contribution in [3.05, 3.63) is 48.2 Å². The molecular weight excluding hydrogens is 274 g/mol. The van der Waals surface area contributed by atoms with Gasteiger partial charge in [-0.3, -0.25) is 4.31 Å². The maximum Gasteiger partial charge on any atom is 0.264 e. The molecule has 0 amide bonds. The van der Waals surface area contributed by atoms with Gasteiger partial charge in [-0.25, -0.2) is 13.4 Å². The fourth-order valence-corrected chi connectivity index (χ4v) is 4.03. The highest BCUT2D eigenvalue weighted by molar-refractivity contribution is 7.92. The molecule has 1 aromatic carbocycles. The molecule has 0 bridgehead atoms. The first-order valence-corrected chi connectivity index (χ1v) is 7.85. The van der Waals surface area contributed by atoms with Gasteiger partial charge in [0.2, 0.25) is 0 Å². The molecule has 0 aliphatic carbocycles. The molecule has 0 atom stereocenters. The van der Waals surface area contributed by atoms with E-state index in [4.69, 9.17) is 5.73 Å². The van der Waals surface area contributed by atoms with Crippen LogP contribution in [0.5, 0.6) is 0 Å². The fraction of sp³-hybridized carbons (Fsp3) is 0.214. The molecule has 0 fully saturated rings. The summed E-state index contributed by atoms with van der Waals surface area (Å²) in [5.74, 6) is 0.205. The molecule has 1 aliphatic rings. The normalized spacial score (nSPS) is 14.9. The van der Waals surface area contributed by atoms with Gasteiger partial charge in [0.1, 0.15) is 5.82 Å². The van der Waals surface area contributed by atoms with E-state index in [9.17, 15) is 8.42 Å². The van der Waals surface area contributed by atoms with Crippen molar-refractivity contribution < 1.29 is 8.42 Å². The second kappa shape index (κ2) is 4.79. The van der Waals surface area contributed by atoms with Gasteiger partial charge in [0.05, 0.1) is 10.6 Å². The Kier molecular flexibility index (Phi) is 3.10. The third-order valence-electron chi connectivity index (χ3n) is 3.41. The lowest BCUT2D eigenvalue weighted by atomic mass is 10.0. The Morgan fingerprint density at radius 2 is 2.00 bits per heavy atom. The molecule has 0 unspecified atom stereocenters. The summed E-state index contributed by atoms with van der Waals surface area (Å²) < 4.78 is 26.9. The number of sulfonamides is 1. The molecule has 1 aliphatic heterocycles. The Bertz CT molecular complexity index is 744. The molecule has 0 spiro atoms. The number of fused-ring (bicyclic) bond motifs is 1. The molecule has 2 aromatic rings. The van der Waals surface area contributed by atoms with E-state index < -0.39 is 10.0 Å². The quantitative estimate of drug-likeness (QED) is 0.914. The fourth-order valence-electron chi connectivity index (χ4n) is 2.46. The zero-order valence-corrected chi connectivity index (χ0v) is 11.7. The van der Waals surface area contributed by atoms with Crippen LogP contribution in [-0.2, 0) is 16.4 Å². The Morgan fingerprint density at radius 1 is 1.20 bits per heavy atom. The van der Waals surface area contributed by atoms with Crippen molar-refractivity contribution in [2.75, 3.05) is 16.6 Å². The van der Waals surface area contributed by atoms with Gasteiger partial charge in [0, 0.05) is 18.8 Å². The number of pyridine rings is 1. The minimum absolute atomic E-state index is 0.182. The second-order valence-corrected chi connectivity index (χ2v) is 6.59. The molecule has 0 saturated heterocycles. The highest BCUT2D eigenvalue weighted by Gasteiger charge is 2.28. The lowest BCUT2D eigenvalue weighted by Crippen LogP contribution is -2.35. The number of hydrogen-bond acceptors (Lipinski definition) is 4. The summed E-state index contributed by atoms with van der Waals surface area (Å²) in [6.07, 6.45) is 3.13. The van der Waals surface area contributed by atoms with Gasteiger partial charge in [-0.15, -0.1) is 0 Å². The number of hydrogen-bond donors (Lipinski definition) is 1. The van der Waals surface area contributed by atoms with E-state index in [0.717, 1.165) is 24.1 Å². The zero-order valence-electron chi connectivity index (χ0n) is 10.9. The number of rotatable bonds is 2. The van der Waals surface area contributed by atoms with E-state index in [-0.39, 0.29) is 10.7 Å². The third-order valence-corrected chi connectivity index (χ3v) is 5.22. The topological polar surface area (TPSA) is 76.3 Å². The lowest BCUT2D eigenvalue weighted by Gasteiger charge is -2.30. The van der Waals surface area contributed by atoms with Crippen LogP contribution in [0, 0.1) is 0 Å². The zero-order chi connectivity index (χ0) is 14.2. The third kappa shape index (κ3) is 2.12. The van der Waals surface area contributed by atoms with Gasteiger partial charge in [-0.1, -0.05) is 18.2 Å². The van der Waals surface area contributed by atoms with Crippen LogP contribution in [0.25, 0.3) is 0 Å². The lowest BCUT2D eigenvalue weighted by molar-refractivity contribution is 0.586. The van der Waals surface area contributed by atoms with Crippen LogP contribution in [0.2, 0.25) is 0 Å². The highest BCUT2D eigenvalue weighted by Crippen LogP contribution is 2.31. The summed E-state index contributed by atoms with van der Waals surface area (Å²) in [5, 5.41) is 0. The van der Waals surface area contributed by atoms with Crippen molar-refractivity contribution in [2.45, 2.75) is 17.7 Å². The number of benzene rings is 1. The number of aryl methyl sites for hydroxylation is 1. The van der Waals surface area contributed by atoms with Gasteiger partial charge < -0.3 is 5.73 Å². The van der Waals surface area contributed by atoms with Crippen LogP contribution >= 0.6 is 0 Å². The molecule has 3 rings (SSSR count). The van der Waals surface area contributed by atoms with Gasteiger partial charge in [-0.05, 0) is 30.5 Å².